The second-order valence-electron chi connectivity index (χ2n) is 7.75. The Kier molecular flexibility index (Phi) is 6.11. The quantitative estimate of drug-likeness (QED) is 0.656. The smallest absolute Gasteiger partial charge is 0.258 e. The maximum Gasteiger partial charge on any atom is 0.258 e. The largest absolute Gasteiger partial charge is 0.322 e. The molecule has 0 saturated carbocycles. The third kappa shape index (κ3) is 4.81. The summed E-state index contributed by atoms with van der Waals surface area (Å²) in [6.07, 6.45) is 4.87. The Morgan fingerprint density at radius 2 is 1.71 bits per heavy atom. The molecule has 1 aliphatic heterocycles. The van der Waals surface area contributed by atoms with Crippen LogP contribution in [0.3, 0.4) is 0 Å². The lowest BCUT2D eigenvalue weighted by Crippen LogP contribution is -2.39. The van der Waals surface area contributed by atoms with Crippen LogP contribution in [0.15, 0.2) is 71.9 Å². The Balaban J connectivity index is 1.43. The molecule has 1 unspecified atom stereocenters. The molecule has 1 fully saturated rings. The summed E-state index contributed by atoms with van der Waals surface area (Å²) in [5, 5.41) is 2.76. The Morgan fingerprint density at radius 3 is 2.35 bits per heavy atom. The van der Waals surface area contributed by atoms with E-state index in [1.807, 2.05) is 30.3 Å². The molecule has 1 aromatic heterocycles. The normalized spacial score (nSPS) is 17.3. The van der Waals surface area contributed by atoms with E-state index >= 15 is 0 Å². The number of sulfonamides is 1. The van der Waals surface area contributed by atoms with Gasteiger partial charge in [-0.3, -0.25) is 4.79 Å². The van der Waals surface area contributed by atoms with Crippen LogP contribution in [0.4, 0.5) is 5.69 Å². The number of aromatic nitrogens is 2. The second-order valence-corrected chi connectivity index (χ2v) is 9.69. The van der Waals surface area contributed by atoms with Gasteiger partial charge in [0.15, 0.2) is 5.82 Å². The minimum absolute atomic E-state index is 0.232. The topological polar surface area (TPSA) is 92.3 Å². The lowest BCUT2D eigenvalue weighted by Gasteiger charge is -2.30. The van der Waals surface area contributed by atoms with Gasteiger partial charge >= 0.3 is 0 Å². The molecule has 1 amide bonds. The molecule has 4 rings (SSSR count). The number of nitrogens with one attached hydrogen (secondary N) is 1. The molecule has 2 heterocycles. The van der Waals surface area contributed by atoms with E-state index in [4.69, 9.17) is 0 Å². The molecular weight excluding hydrogens is 412 g/mol. The van der Waals surface area contributed by atoms with Crippen LogP contribution in [0.2, 0.25) is 0 Å². The number of hydrogen-bond donors (Lipinski definition) is 1. The molecule has 160 valence electrons. The fourth-order valence-corrected chi connectivity index (χ4v) is 5.21. The van der Waals surface area contributed by atoms with E-state index in [2.05, 4.69) is 22.2 Å². The Morgan fingerprint density at radius 1 is 1.03 bits per heavy atom. The predicted molar refractivity (Wildman–Crippen MR) is 119 cm³/mol. The number of nitrogens with zero attached hydrogens (tertiary/aromatic N) is 3. The SMILES string of the molecule is CC1CCCN(S(=O)(=O)c2ccc(NC(=O)c3cnc(-c4ccccc4)nc3)cc2)C1. The molecule has 7 nitrogen and oxygen atoms in total. The minimum Gasteiger partial charge on any atom is -0.322 e. The summed E-state index contributed by atoms with van der Waals surface area (Å²) in [7, 11) is -3.52. The predicted octanol–water partition coefficient (Wildman–Crippen LogP) is 3.82. The Bertz CT molecular complexity index is 1150. The van der Waals surface area contributed by atoms with Crippen LogP contribution in [0, 0.1) is 5.92 Å². The summed E-state index contributed by atoms with van der Waals surface area (Å²) in [6.45, 7) is 3.15. The van der Waals surface area contributed by atoms with E-state index in [0.29, 0.717) is 36.1 Å². The van der Waals surface area contributed by atoms with Gasteiger partial charge in [-0.1, -0.05) is 37.3 Å². The molecule has 3 aromatic rings. The minimum atomic E-state index is -3.52. The first kappa shape index (κ1) is 21.1. The molecule has 1 N–H and O–H groups in total. The standard InChI is InChI=1S/C23H24N4O3S/c1-17-6-5-13-27(16-17)31(29,30)21-11-9-20(10-12-21)26-23(28)19-14-24-22(25-15-19)18-7-3-2-4-8-18/h2-4,7-12,14-15,17H,5-6,13,16H2,1H3,(H,26,28). The lowest BCUT2D eigenvalue weighted by molar-refractivity contribution is 0.102. The number of benzene rings is 2. The van der Waals surface area contributed by atoms with Gasteiger partial charge in [-0.25, -0.2) is 18.4 Å². The fourth-order valence-electron chi connectivity index (χ4n) is 3.61. The van der Waals surface area contributed by atoms with E-state index in [1.165, 1.54) is 24.5 Å². The van der Waals surface area contributed by atoms with Gasteiger partial charge in [-0.15, -0.1) is 0 Å². The van der Waals surface area contributed by atoms with Gasteiger partial charge in [0, 0.05) is 36.7 Å². The molecule has 2 aromatic carbocycles. The van der Waals surface area contributed by atoms with Crippen molar-refractivity contribution in [3.05, 3.63) is 72.6 Å². The number of rotatable bonds is 5. The van der Waals surface area contributed by atoms with Crippen LogP contribution in [0.1, 0.15) is 30.1 Å². The highest BCUT2D eigenvalue weighted by atomic mass is 32.2. The van der Waals surface area contributed by atoms with Crippen LogP contribution < -0.4 is 5.32 Å². The van der Waals surface area contributed by atoms with Crippen molar-refractivity contribution in [3.8, 4) is 11.4 Å². The number of piperidine rings is 1. The summed E-state index contributed by atoms with van der Waals surface area (Å²) in [6, 6.07) is 15.7. The number of amides is 1. The zero-order valence-corrected chi connectivity index (χ0v) is 18.0. The summed E-state index contributed by atoms with van der Waals surface area (Å²) in [4.78, 5) is 21.3. The van der Waals surface area contributed by atoms with Crippen molar-refractivity contribution in [3.63, 3.8) is 0 Å². The van der Waals surface area contributed by atoms with Crippen LogP contribution in [-0.4, -0.2) is 41.7 Å². The number of hydrogen-bond acceptors (Lipinski definition) is 5. The summed E-state index contributed by atoms with van der Waals surface area (Å²) in [5.74, 6) is 0.538. The number of carbonyl (C=O) groups is 1. The van der Waals surface area contributed by atoms with Crippen molar-refractivity contribution >= 4 is 21.6 Å². The van der Waals surface area contributed by atoms with Gasteiger partial charge in [0.25, 0.3) is 5.91 Å². The molecule has 1 atom stereocenters. The highest BCUT2D eigenvalue weighted by Crippen LogP contribution is 2.24. The molecule has 0 spiro atoms. The summed E-state index contributed by atoms with van der Waals surface area (Å²) < 4.78 is 27.3. The average molecular weight is 437 g/mol. The number of carbonyl (C=O) groups excluding carboxylic acids is 1. The van der Waals surface area contributed by atoms with Crippen LogP contribution in [-0.2, 0) is 10.0 Å². The van der Waals surface area contributed by atoms with E-state index < -0.39 is 10.0 Å². The van der Waals surface area contributed by atoms with E-state index in [0.717, 1.165) is 18.4 Å². The van der Waals surface area contributed by atoms with Crippen LogP contribution in [0.5, 0.6) is 0 Å². The van der Waals surface area contributed by atoms with Gasteiger partial charge in [-0.2, -0.15) is 4.31 Å². The van der Waals surface area contributed by atoms with Crippen molar-refractivity contribution in [1.29, 1.82) is 0 Å². The fraction of sp³-hybridized carbons (Fsp3) is 0.261. The van der Waals surface area contributed by atoms with Gasteiger partial charge in [0.05, 0.1) is 10.5 Å². The second kappa shape index (κ2) is 8.95. The lowest BCUT2D eigenvalue weighted by atomic mass is 10.0. The van der Waals surface area contributed by atoms with Crippen LogP contribution >= 0.6 is 0 Å². The maximum absolute atomic E-state index is 12.9. The first-order valence-electron chi connectivity index (χ1n) is 10.2. The molecule has 8 heteroatoms. The first-order valence-corrected chi connectivity index (χ1v) is 11.7. The molecule has 0 radical (unpaired) electrons. The van der Waals surface area contributed by atoms with E-state index in [9.17, 15) is 13.2 Å². The summed E-state index contributed by atoms with van der Waals surface area (Å²) >= 11 is 0. The summed E-state index contributed by atoms with van der Waals surface area (Å²) in [5.41, 5.74) is 1.69. The van der Waals surface area contributed by atoms with Crippen molar-refractivity contribution in [2.75, 3.05) is 18.4 Å². The van der Waals surface area contributed by atoms with Gasteiger partial charge in [0.2, 0.25) is 10.0 Å². The van der Waals surface area contributed by atoms with E-state index in [-0.39, 0.29) is 10.8 Å². The van der Waals surface area contributed by atoms with Crippen LogP contribution in [0.25, 0.3) is 11.4 Å². The van der Waals surface area contributed by atoms with E-state index in [1.54, 1.807) is 16.4 Å². The van der Waals surface area contributed by atoms with Crippen molar-refractivity contribution in [2.45, 2.75) is 24.7 Å². The Labute approximate surface area is 182 Å². The molecule has 31 heavy (non-hydrogen) atoms. The first-order chi connectivity index (χ1) is 14.9. The van der Waals surface area contributed by atoms with Crippen molar-refractivity contribution in [1.82, 2.24) is 14.3 Å². The monoisotopic (exact) mass is 436 g/mol. The third-order valence-corrected chi connectivity index (χ3v) is 7.20. The van der Waals surface area contributed by atoms with Gasteiger partial charge in [-0.05, 0) is 43.0 Å². The third-order valence-electron chi connectivity index (χ3n) is 5.32. The van der Waals surface area contributed by atoms with Gasteiger partial charge in [0.1, 0.15) is 0 Å². The average Bonchev–Trinajstić information content (AvgIpc) is 2.80. The number of anilines is 1. The highest BCUT2D eigenvalue weighted by Gasteiger charge is 2.28. The zero-order chi connectivity index (χ0) is 21.8. The Hall–Kier alpha value is -3.10. The van der Waals surface area contributed by atoms with Crippen molar-refractivity contribution < 1.29 is 13.2 Å². The molecule has 0 bridgehead atoms. The van der Waals surface area contributed by atoms with Crippen molar-refractivity contribution in [2.24, 2.45) is 5.92 Å². The highest BCUT2D eigenvalue weighted by molar-refractivity contribution is 7.89. The maximum atomic E-state index is 12.9. The molecular formula is C23H24N4O3S. The van der Waals surface area contributed by atoms with Gasteiger partial charge < -0.3 is 5.32 Å². The molecule has 1 saturated heterocycles. The molecule has 1 aliphatic rings. The zero-order valence-electron chi connectivity index (χ0n) is 17.2. The molecule has 0 aliphatic carbocycles.